The summed E-state index contributed by atoms with van der Waals surface area (Å²) >= 11 is 0. The molecule has 0 aliphatic carbocycles. The van der Waals surface area contributed by atoms with Gasteiger partial charge in [-0.3, -0.25) is 0 Å². The molecule has 0 aliphatic heterocycles. The van der Waals surface area contributed by atoms with Crippen LogP contribution in [0.3, 0.4) is 0 Å². The predicted octanol–water partition coefficient (Wildman–Crippen LogP) is 5.07. The number of benzene rings is 2. The van der Waals surface area contributed by atoms with Crippen LogP contribution in [0.2, 0.25) is 0 Å². The Morgan fingerprint density at radius 3 is 2.52 bits per heavy atom. The van der Waals surface area contributed by atoms with Crippen molar-refractivity contribution < 1.29 is 4.74 Å². The second-order valence-corrected chi connectivity index (χ2v) is 6.15. The summed E-state index contributed by atoms with van der Waals surface area (Å²) in [6.45, 7) is 2.94. The van der Waals surface area contributed by atoms with E-state index in [0.29, 0.717) is 5.88 Å². The fourth-order valence-corrected chi connectivity index (χ4v) is 3.39. The predicted molar refractivity (Wildman–Crippen MR) is 102 cm³/mol. The van der Waals surface area contributed by atoms with Crippen molar-refractivity contribution in [3.05, 3.63) is 84.2 Å². The largest absolute Gasteiger partial charge is 0.481 e. The van der Waals surface area contributed by atoms with Gasteiger partial charge in [-0.2, -0.15) is 0 Å². The first-order chi connectivity index (χ1) is 12.3. The number of aryl methyl sites for hydroxylation is 1. The number of ether oxygens (including phenoxy) is 1. The van der Waals surface area contributed by atoms with Gasteiger partial charge < -0.3 is 9.30 Å². The number of nitrogens with zero attached hydrogens (tertiary/aromatic N) is 2. The van der Waals surface area contributed by atoms with E-state index in [4.69, 9.17) is 4.74 Å². The van der Waals surface area contributed by atoms with Crippen LogP contribution in [-0.4, -0.2) is 16.7 Å². The molecule has 4 aromatic rings. The van der Waals surface area contributed by atoms with Crippen LogP contribution in [0.1, 0.15) is 11.3 Å². The molecule has 2 aromatic carbocycles. The van der Waals surface area contributed by atoms with Crippen molar-refractivity contribution in [3.8, 4) is 17.0 Å². The molecule has 124 valence electrons. The number of aromatic nitrogens is 2. The molecule has 0 saturated carbocycles. The molecule has 0 aliphatic rings. The lowest BCUT2D eigenvalue weighted by atomic mass is 9.99. The van der Waals surface area contributed by atoms with Crippen molar-refractivity contribution in [1.29, 1.82) is 0 Å². The van der Waals surface area contributed by atoms with Crippen LogP contribution in [-0.2, 0) is 6.54 Å². The second kappa shape index (κ2) is 6.44. The van der Waals surface area contributed by atoms with Crippen LogP contribution in [0.5, 0.6) is 5.88 Å². The van der Waals surface area contributed by atoms with Gasteiger partial charge in [0.25, 0.3) is 0 Å². The highest BCUT2D eigenvalue weighted by Crippen LogP contribution is 2.29. The van der Waals surface area contributed by atoms with Crippen molar-refractivity contribution in [1.82, 2.24) is 9.55 Å². The van der Waals surface area contributed by atoms with E-state index in [1.165, 1.54) is 22.4 Å². The Labute approximate surface area is 147 Å². The summed E-state index contributed by atoms with van der Waals surface area (Å²) in [5.41, 5.74) is 6.15. The van der Waals surface area contributed by atoms with Gasteiger partial charge in [0.05, 0.1) is 18.0 Å². The van der Waals surface area contributed by atoms with E-state index >= 15 is 0 Å². The Kier molecular flexibility index (Phi) is 3.98. The molecule has 3 nitrogen and oxygen atoms in total. The van der Waals surface area contributed by atoms with Crippen LogP contribution < -0.4 is 4.74 Å². The quantitative estimate of drug-likeness (QED) is 0.523. The molecule has 3 heteroatoms. The smallest absolute Gasteiger partial charge is 0.222 e. The van der Waals surface area contributed by atoms with Crippen LogP contribution in [0.4, 0.5) is 0 Å². The van der Waals surface area contributed by atoms with E-state index in [0.717, 1.165) is 17.4 Å². The lowest BCUT2D eigenvalue weighted by Gasteiger charge is -2.13. The number of methoxy groups -OCH3 is 1. The fraction of sp³-hybridized carbons (Fsp3) is 0.136. The highest BCUT2D eigenvalue weighted by Gasteiger charge is 2.12. The Hall–Kier alpha value is -3.07. The SMILES string of the molecule is COc1nccc2c1cc(C)n2Cc1ccccc1-c1ccccc1. The number of hydrogen-bond donors (Lipinski definition) is 0. The number of pyridine rings is 1. The standard InChI is InChI=1S/C22H20N2O/c1-16-14-20-21(12-13-23-22(20)25-2)24(16)15-18-10-6-7-11-19(18)17-8-4-3-5-9-17/h3-14H,15H2,1-2H3. The minimum Gasteiger partial charge on any atom is -0.481 e. The highest BCUT2D eigenvalue weighted by atomic mass is 16.5. The van der Waals surface area contributed by atoms with Gasteiger partial charge in [-0.25, -0.2) is 4.98 Å². The molecular formula is C22H20N2O. The Morgan fingerprint density at radius 1 is 0.960 bits per heavy atom. The van der Waals surface area contributed by atoms with Gasteiger partial charge >= 0.3 is 0 Å². The third-order valence-corrected chi connectivity index (χ3v) is 4.62. The van der Waals surface area contributed by atoms with Crippen molar-refractivity contribution in [2.75, 3.05) is 7.11 Å². The van der Waals surface area contributed by atoms with Gasteiger partial charge in [-0.05, 0) is 35.7 Å². The molecule has 2 aromatic heterocycles. The molecule has 0 amide bonds. The van der Waals surface area contributed by atoms with Gasteiger partial charge in [0.1, 0.15) is 0 Å². The van der Waals surface area contributed by atoms with Crippen LogP contribution in [0.25, 0.3) is 22.0 Å². The summed E-state index contributed by atoms with van der Waals surface area (Å²) in [6, 6.07) is 23.3. The van der Waals surface area contributed by atoms with E-state index in [2.05, 4.69) is 83.2 Å². The zero-order valence-electron chi connectivity index (χ0n) is 14.4. The lowest BCUT2D eigenvalue weighted by Crippen LogP contribution is -2.03. The topological polar surface area (TPSA) is 27.1 Å². The van der Waals surface area contributed by atoms with E-state index in [9.17, 15) is 0 Å². The minimum atomic E-state index is 0.677. The third kappa shape index (κ3) is 2.78. The van der Waals surface area contributed by atoms with Crippen molar-refractivity contribution in [2.24, 2.45) is 0 Å². The second-order valence-electron chi connectivity index (χ2n) is 6.15. The van der Waals surface area contributed by atoms with Gasteiger partial charge in [-0.1, -0.05) is 54.6 Å². The molecule has 0 N–H and O–H groups in total. The molecule has 0 unspecified atom stereocenters. The summed E-state index contributed by atoms with van der Waals surface area (Å²) in [7, 11) is 1.67. The Bertz CT molecular complexity index is 1020. The van der Waals surface area contributed by atoms with Crippen molar-refractivity contribution in [2.45, 2.75) is 13.5 Å². The number of hydrogen-bond acceptors (Lipinski definition) is 2. The first kappa shape index (κ1) is 15.5. The average molecular weight is 328 g/mol. The lowest BCUT2D eigenvalue weighted by molar-refractivity contribution is 0.403. The molecule has 0 atom stereocenters. The maximum absolute atomic E-state index is 5.41. The van der Waals surface area contributed by atoms with E-state index in [1.807, 2.05) is 0 Å². The molecular weight excluding hydrogens is 308 g/mol. The number of fused-ring (bicyclic) bond motifs is 1. The first-order valence-electron chi connectivity index (χ1n) is 8.40. The molecule has 0 fully saturated rings. The number of rotatable bonds is 4. The van der Waals surface area contributed by atoms with Crippen LogP contribution in [0, 0.1) is 6.92 Å². The zero-order chi connectivity index (χ0) is 17.2. The van der Waals surface area contributed by atoms with E-state index in [1.54, 1.807) is 13.3 Å². The maximum atomic E-state index is 5.41. The van der Waals surface area contributed by atoms with Gasteiger partial charge in [0.15, 0.2) is 0 Å². The summed E-state index contributed by atoms with van der Waals surface area (Å²) in [5.74, 6) is 0.677. The summed E-state index contributed by atoms with van der Waals surface area (Å²) < 4.78 is 7.74. The minimum absolute atomic E-state index is 0.677. The Balaban J connectivity index is 1.82. The third-order valence-electron chi connectivity index (χ3n) is 4.62. The highest BCUT2D eigenvalue weighted by molar-refractivity contribution is 5.86. The normalized spacial score (nSPS) is 11.0. The van der Waals surface area contributed by atoms with E-state index < -0.39 is 0 Å². The zero-order valence-corrected chi connectivity index (χ0v) is 14.4. The van der Waals surface area contributed by atoms with Crippen molar-refractivity contribution >= 4 is 10.9 Å². The fourth-order valence-electron chi connectivity index (χ4n) is 3.39. The van der Waals surface area contributed by atoms with Gasteiger partial charge in [0.2, 0.25) is 5.88 Å². The van der Waals surface area contributed by atoms with Gasteiger partial charge in [-0.15, -0.1) is 0 Å². The first-order valence-corrected chi connectivity index (χ1v) is 8.40. The summed E-state index contributed by atoms with van der Waals surface area (Å²) in [4.78, 5) is 4.32. The molecule has 25 heavy (non-hydrogen) atoms. The van der Waals surface area contributed by atoms with E-state index in [-0.39, 0.29) is 0 Å². The summed E-state index contributed by atoms with van der Waals surface area (Å²) in [5, 5.41) is 1.06. The molecule has 4 rings (SSSR count). The molecule has 0 radical (unpaired) electrons. The van der Waals surface area contributed by atoms with Crippen LogP contribution in [0.15, 0.2) is 72.9 Å². The molecule has 0 saturated heterocycles. The summed E-state index contributed by atoms with van der Waals surface area (Å²) in [6.07, 6.45) is 1.81. The Morgan fingerprint density at radius 2 is 1.72 bits per heavy atom. The average Bonchev–Trinajstić information content (AvgIpc) is 2.98. The van der Waals surface area contributed by atoms with Crippen LogP contribution >= 0.6 is 0 Å². The maximum Gasteiger partial charge on any atom is 0.222 e. The monoisotopic (exact) mass is 328 g/mol. The molecule has 2 heterocycles. The van der Waals surface area contributed by atoms with Crippen molar-refractivity contribution in [3.63, 3.8) is 0 Å². The van der Waals surface area contributed by atoms with Gasteiger partial charge in [0, 0.05) is 18.4 Å². The molecule has 0 spiro atoms. The molecule has 0 bridgehead atoms.